The van der Waals surface area contributed by atoms with Gasteiger partial charge in [-0.3, -0.25) is 9.48 Å². The lowest BCUT2D eigenvalue weighted by Crippen LogP contribution is -2.29. The summed E-state index contributed by atoms with van der Waals surface area (Å²) < 4.78 is 39.6. The number of carbonyl (C=O) groups excluding carboxylic acids is 1. The van der Waals surface area contributed by atoms with Gasteiger partial charge in [-0.1, -0.05) is 23.7 Å². The van der Waals surface area contributed by atoms with Crippen molar-refractivity contribution < 1.29 is 18.0 Å². The largest absolute Gasteiger partial charge is 0.417 e. The summed E-state index contributed by atoms with van der Waals surface area (Å²) in [6.07, 6.45) is -0.247. The second-order valence-corrected chi connectivity index (χ2v) is 6.54. The van der Waals surface area contributed by atoms with Crippen LogP contribution in [0.25, 0.3) is 0 Å². The Morgan fingerprint density at radius 3 is 2.55 bits per heavy atom. The van der Waals surface area contributed by atoms with Gasteiger partial charge in [0.25, 0.3) is 5.91 Å². The molecular weight excluding hydrogens is 407 g/mol. The Morgan fingerprint density at radius 1 is 1.17 bits per heavy atom. The van der Waals surface area contributed by atoms with Gasteiger partial charge in [-0.05, 0) is 29.8 Å². The number of hydrogen-bond donors (Lipinski definition) is 2. The minimum Gasteiger partial charge on any atom is -0.367 e. The number of pyridine rings is 1. The highest BCUT2D eigenvalue weighted by Gasteiger charge is 2.31. The van der Waals surface area contributed by atoms with Gasteiger partial charge in [0.1, 0.15) is 5.82 Å². The fourth-order valence-corrected chi connectivity index (χ4v) is 2.76. The third-order valence-electron chi connectivity index (χ3n) is 3.99. The highest BCUT2D eigenvalue weighted by molar-refractivity contribution is 6.32. The van der Waals surface area contributed by atoms with Crippen LogP contribution in [0.5, 0.6) is 0 Å². The van der Waals surface area contributed by atoms with Gasteiger partial charge in [0.05, 0.1) is 17.1 Å². The number of amides is 1. The van der Waals surface area contributed by atoms with E-state index in [1.165, 1.54) is 0 Å². The van der Waals surface area contributed by atoms with Crippen LogP contribution < -0.4 is 10.6 Å². The van der Waals surface area contributed by atoms with Crippen LogP contribution >= 0.6 is 11.6 Å². The molecule has 10 heteroatoms. The summed E-state index contributed by atoms with van der Waals surface area (Å²) in [5.41, 5.74) is 0.590. The van der Waals surface area contributed by atoms with Gasteiger partial charge >= 0.3 is 6.18 Å². The molecule has 0 bridgehead atoms. The molecule has 0 unspecified atom stereocenters. The maximum absolute atomic E-state index is 12.6. The quantitative estimate of drug-likeness (QED) is 0.566. The zero-order chi connectivity index (χ0) is 20.9. The van der Waals surface area contributed by atoms with E-state index < -0.39 is 11.7 Å². The highest BCUT2D eigenvalue weighted by atomic mass is 35.5. The van der Waals surface area contributed by atoms with E-state index in [1.807, 2.05) is 24.4 Å². The summed E-state index contributed by atoms with van der Waals surface area (Å²) in [5, 5.41) is 9.50. The van der Waals surface area contributed by atoms with Crippen molar-refractivity contribution >= 4 is 23.3 Å². The Labute approximate surface area is 169 Å². The van der Waals surface area contributed by atoms with Crippen LogP contribution in [-0.2, 0) is 12.7 Å². The molecule has 3 rings (SSSR count). The molecule has 0 fully saturated rings. The lowest BCUT2D eigenvalue weighted by molar-refractivity contribution is -0.137. The summed E-state index contributed by atoms with van der Waals surface area (Å²) in [6, 6.07) is 9.77. The van der Waals surface area contributed by atoms with Gasteiger partial charge in [0, 0.05) is 37.2 Å². The predicted octanol–water partition coefficient (Wildman–Crippen LogP) is 3.84. The first-order valence-corrected chi connectivity index (χ1v) is 9.02. The Bertz CT molecular complexity index is 959. The molecule has 0 radical (unpaired) electrons. The van der Waals surface area contributed by atoms with Gasteiger partial charge in [-0.15, -0.1) is 0 Å². The van der Waals surface area contributed by atoms with E-state index in [9.17, 15) is 18.0 Å². The predicted molar refractivity (Wildman–Crippen MR) is 103 cm³/mol. The van der Waals surface area contributed by atoms with Crippen LogP contribution in [0.1, 0.15) is 21.5 Å². The van der Waals surface area contributed by atoms with E-state index >= 15 is 0 Å². The molecule has 2 N–H and O–H groups in total. The van der Waals surface area contributed by atoms with Crippen molar-refractivity contribution in [1.82, 2.24) is 20.1 Å². The van der Waals surface area contributed by atoms with E-state index in [4.69, 9.17) is 11.6 Å². The molecule has 0 atom stereocenters. The maximum Gasteiger partial charge on any atom is 0.417 e. The Morgan fingerprint density at radius 2 is 1.93 bits per heavy atom. The van der Waals surface area contributed by atoms with Crippen molar-refractivity contribution in [1.29, 1.82) is 0 Å². The van der Waals surface area contributed by atoms with Crippen molar-refractivity contribution in [3.05, 3.63) is 76.7 Å². The highest BCUT2D eigenvalue weighted by Crippen LogP contribution is 2.32. The number of aromatic nitrogens is 3. The Balaban J connectivity index is 1.46. The van der Waals surface area contributed by atoms with Crippen molar-refractivity contribution in [3.8, 4) is 0 Å². The fraction of sp³-hybridized carbons (Fsp3) is 0.211. The van der Waals surface area contributed by atoms with E-state index in [1.54, 1.807) is 23.0 Å². The number of benzene rings is 1. The SMILES string of the molecule is O=C(NCCNc1ncc(C(F)(F)F)cc1Cl)c1ccc(Cn2cccn2)cc1. The van der Waals surface area contributed by atoms with Gasteiger partial charge in [0.15, 0.2) is 0 Å². The summed E-state index contributed by atoms with van der Waals surface area (Å²) in [4.78, 5) is 15.9. The zero-order valence-electron chi connectivity index (χ0n) is 15.1. The van der Waals surface area contributed by atoms with E-state index in [-0.39, 0.29) is 29.8 Å². The first-order valence-electron chi connectivity index (χ1n) is 8.64. The van der Waals surface area contributed by atoms with Crippen molar-refractivity contribution in [2.75, 3.05) is 18.4 Å². The molecule has 2 heterocycles. The number of anilines is 1. The summed E-state index contributed by atoms with van der Waals surface area (Å²) in [5.74, 6) is -0.138. The number of alkyl halides is 3. The molecule has 2 aromatic heterocycles. The summed E-state index contributed by atoms with van der Waals surface area (Å²) in [6.45, 7) is 1.10. The molecule has 0 spiro atoms. The number of halogens is 4. The fourth-order valence-electron chi connectivity index (χ4n) is 2.52. The number of rotatable bonds is 7. The normalized spacial score (nSPS) is 11.3. The van der Waals surface area contributed by atoms with Crippen LogP contribution in [0.15, 0.2) is 55.0 Å². The molecular formula is C19H17ClF3N5O. The van der Waals surface area contributed by atoms with Gasteiger partial charge in [-0.25, -0.2) is 4.98 Å². The van der Waals surface area contributed by atoms with Crippen LogP contribution in [-0.4, -0.2) is 33.8 Å². The molecule has 0 saturated carbocycles. The monoisotopic (exact) mass is 423 g/mol. The minimum absolute atomic E-state index is 0.122. The molecule has 1 aromatic carbocycles. The number of nitrogens with one attached hydrogen (secondary N) is 2. The van der Waals surface area contributed by atoms with E-state index in [2.05, 4.69) is 20.7 Å². The molecule has 0 aliphatic carbocycles. The second-order valence-electron chi connectivity index (χ2n) is 6.14. The molecule has 29 heavy (non-hydrogen) atoms. The molecule has 6 nitrogen and oxygen atoms in total. The topological polar surface area (TPSA) is 71.8 Å². The minimum atomic E-state index is -4.50. The first kappa shape index (κ1) is 20.7. The number of hydrogen-bond acceptors (Lipinski definition) is 4. The average molecular weight is 424 g/mol. The average Bonchev–Trinajstić information content (AvgIpc) is 3.19. The number of nitrogens with zero attached hydrogens (tertiary/aromatic N) is 3. The number of carbonyl (C=O) groups is 1. The van der Waals surface area contributed by atoms with Gasteiger partial charge < -0.3 is 10.6 Å². The van der Waals surface area contributed by atoms with Crippen molar-refractivity contribution in [2.45, 2.75) is 12.7 Å². The second kappa shape index (κ2) is 8.95. The summed E-state index contributed by atoms with van der Waals surface area (Å²) in [7, 11) is 0. The van der Waals surface area contributed by atoms with Crippen LogP contribution in [0, 0.1) is 0 Å². The van der Waals surface area contributed by atoms with Gasteiger partial charge in [-0.2, -0.15) is 18.3 Å². The standard InChI is InChI=1S/C19H17ClF3N5O/c20-16-10-15(19(21,22)23)11-26-17(16)24-7-8-25-18(29)14-4-2-13(3-5-14)12-28-9-1-6-27-28/h1-6,9-11H,7-8,12H2,(H,24,26)(H,25,29). The van der Waals surface area contributed by atoms with Crippen molar-refractivity contribution in [3.63, 3.8) is 0 Å². The lowest BCUT2D eigenvalue weighted by Gasteiger charge is -2.11. The Hall–Kier alpha value is -3.07. The van der Waals surface area contributed by atoms with Gasteiger partial charge in [0.2, 0.25) is 0 Å². The van der Waals surface area contributed by atoms with Crippen LogP contribution in [0.3, 0.4) is 0 Å². The third kappa shape index (κ3) is 5.71. The summed E-state index contributed by atoms with van der Waals surface area (Å²) >= 11 is 5.82. The molecule has 152 valence electrons. The molecule has 0 aliphatic heterocycles. The lowest BCUT2D eigenvalue weighted by atomic mass is 10.1. The molecule has 1 amide bonds. The van der Waals surface area contributed by atoms with E-state index in [0.29, 0.717) is 18.3 Å². The third-order valence-corrected chi connectivity index (χ3v) is 4.28. The maximum atomic E-state index is 12.6. The molecule has 0 saturated heterocycles. The van der Waals surface area contributed by atoms with Crippen LogP contribution in [0.4, 0.5) is 19.0 Å². The zero-order valence-corrected chi connectivity index (χ0v) is 15.8. The Kier molecular flexibility index (Phi) is 6.38. The van der Waals surface area contributed by atoms with E-state index in [0.717, 1.165) is 11.6 Å². The van der Waals surface area contributed by atoms with Crippen LogP contribution in [0.2, 0.25) is 5.02 Å². The first-order chi connectivity index (χ1) is 13.8. The van der Waals surface area contributed by atoms with Crippen molar-refractivity contribution in [2.24, 2.45) is 0 Å². The molecule has 0 aliphatic rings. The molecule has 3 aromatic rings. The smallest absolute Gasteiger partial charge is 0.367 e.